The first-order valence-electron chi connectivity index (χ1n) is 6.02. The lowest BCUT2D eigenvalue weighted by atomic mass is 10.0. The summed E-state index contributed by atoms with van der Waals surface area (Å²) in [5, 5.41) is 3.35. The van der Waals surface area contributed by atoms with Gasteiger partial charge in [-0.25, -0.2) is 0 Å². The molecule has 0 atom stereocenters. The maximum atomic E-state index is 5.76. The van der Waals surface area contributed by atoms with Gasteiger partial charge in [-0.05, 0) is 57.0 Å². The third kappa shape index (κ3) is 3.24. The zero-order valence-corrected chi connectivity index (χ0v) is 11.1. The Labute approximate surface area is 99.0 Å². The standard InChI is InChI=1S/C14H23NO/c1-6-15-9-13-7-8-14(16-10(2)3)12(5)11(13)4/h7-8,10,15H,6,9H2,1-5H3. The lowest BCUT2D eigenvalue weighted by Crippen LogP contribution is -2.14. The first-order valence-corrected chi connectivity index (χ1v) is 6.02. The fraction of sp³-hybridized carbons (Fsp3) is 0.571. The summed E-state index contributed by atoms with van der Waals surface area (Å²) in [5.41, 5.74) is 3.94. The Kier molecular flexibility index (Phi) is 4.81. The first kappa shape index (κ1) is 13.0. The highest BCUT2D eigenvalue weighted by Crippen LogP contribution is 2.25. The molecule has 0 aliphatic rings. The smallest absolute Gasteiger partial charge is 0.122 e. The normalized spacial score (nSPS) is 10.9. The van der Waals surface area contributed by atoms with Crippen LogP contribution in [0.15, 0.2) is 12.1 Å². The van der Waals surface area contributed by atoms with E-state index in [0.717, 1.165) is 18.8 Å². The van der Waals surface area contributed by atoms with E-state index in [-0.39, 0.29) is 6.10 Å². The van der Waals surface area contributed by atoms with Crippen LogP contribution in [0.1, 0.15) is 37.5 Å². The van der Waals surface area contributed by atoms with Gasteiger partial charge in [0.2, 0.25) is 0 Å². The molecule has 0 saturated heterocycles. The third-order valence-corrected chi connectivity index (χ3v) is 2.78. The fourth-order valence-corrected chi connectivity index (χ4v) is 1.68. The molecule has 0 aliphatic heterocycles. The van der Waals surface area contributed by atoms with E-state index >= 15 is 0 Å². The van der Waals surface area contributed by atoms with Crippen LogP contribution in [0.3, 0.4) is 0 Å². The molecule has 0 fully saturated rings. The minimum absolute atomic E-state index is 0.234. The van der Waals surface area contributed by atoms with Crippen LogP contribution in [0.2, 0.25) is 0 Å². The average molecular weight is 221 g/mol. The van der Waals surface area contributed by atoms with Crippen LogP contribution < -0.4 is 10.1 Å². The summed E-state index contributed by atoms with van der Waals surface area (Å²) in [6.07, 6.45) is 0.234. The van der Waals surface area contributed by atoms with Gasteiger partial charge in [-0.2, -0.15) is 0 Å². The molecule has 0 aliphatic carbocycles. The molecule has 1 aromatic rings. The molecule has 0 amide bonds. The van der Waals surface area contributed by atoms with Crippen LogP contribution in [0, 0.1) is 13.8 Å². The van der Waals surface area contributed by atoms with Crippen LogP contribution in [0.25, 0.3) is 0 Å². The van der Waals surface area contributed by atoms with Crippen LogP contribution in [-0.4, -0.2) is 12.6 Å². The fourth-order valence-electron chi connectivity index (χ4n) is 1.68. The van der Waals surface area contributed by atoms with E-state index in [9.17, 15) is 0 Å². The lowest BCUT2D eigenvalue weighted by molar-refractivity contribution is 0.240. The van der Waals surface area contributed by atoms with Crippen LogP contribution in [0.4, 0.5) is 0 Å². The van der Waals surface area contributed by atoms with E-state index in [0.29, 0.717) is 0 Å². The number of hydrogen-bond donors (Lipinski definition) is 1. The Morgan fingerprint density at radius 1 is 1.19 bits per heavy atom. The van der Waals surface area contributed by atoms with E-state index in [1.165, 1.54) is 16.7 Å². The summed E-state index contributed by atoms with van der Waals surface area (Å²) < 4.78 is 5.76. The zero-order chi connectivity index (χ0) is 12.1. The largest absolute Gasteiger partial charge is 0.491 e. The molecule has 0 bridgehead atoms. The quantitative estimate of drug-likeness (QED) is 0.824. The summed E-state index contributed by atoms with van der Waals surface area (Å²) in [4.78, 5) is 0. The number of ether oxygens (including phenoxy) is 1. The molecule has 2 nitrogen and oxygen atoms in total. The molecule has 1 aromatic carbocycles. The van der Waals surface area contributed by atoms with Gasteiger partial charge in [0.15, 0.2) is 0 Å². The summed E-state index contributed by atoms with van der Waals surface area (Å²) >= 11 is 0. The molecule has 0 unspecified atom stereocenters. The van der Waals surface area contributed by atoms with E-state index in [1.54, 1.807) is 0 Å². The van der Waals surface area contributed by atoms with E-state index in [1.807, 2.05) is 0 Å². The third-order valence-electron chi connectivity index (χ3n) is 2.78. The molecule has 16 heavy (non-hydrogen) atoms. The number of benzene rings is 1. The Bertz CT molecular complexity index is 345. The van der Waals surface area contributed by atoms with Gasteiger partial charge in [0.1, 0.15) is 5.75 Å². The molecule has 2 heteroatoms. The Morgan fingerprint density at radius 2 is 1.88 bits per heavy atom. The number of nitrogens with one attached hydrogen (secondary N) is 1. The van der Waals surface area contributed by atoms with Gasteiger partial charge in [-0.3, -0.25) is 0 Å². The monoisotopic (exact) mass is 221 g/mol. The molecule has 0 saturated carbocycles. The zero-order valence-electron chi connectivity index (χ0n) is 11.1. The minimum atomic E-state index is 0.234. The van der Waals surface area contributed by atoms with Gasteiger partial charge >= 0.3 is 0 Å². The van der Waals surface area contributed by atoms with Gasteiger partial charge in [0.05, 0.1) is 6.10 Å². The van der Waals surface area contributed by atoms with Gasteiger partial charge in [0, 0.05) is 6.54 Å². The van der Waals surface area contributed by atoms with E-state index in [4.69, 9.17) is 4.74 Å². The molecule has 0 heterocycles. The molecule has 1 rings (SSSR count). The predicted molar refractivity (Wildman–Crippen MR) is 69.1 cm³/mol. The Balaban J connectivity index is 2.89. The summed E-state index contributed by atoms with van der Waals surface area (Å²) in [6, 6.07) is 4.23. The van der Waals surface area contributed by atoms with Gasteiger partial charge in [-0.15, -0.1) is 0 Å². The van der Waals surface area contributed by atoms with Crippen LogP contribution >= 0.6 is 0 Å². The maximum Gasteiger partial charge on any atom is 0.122 e. The van der Waals surface area contributed by atoms with Crippen molar-refractivity contribution >= 4 is 0 Å². The van der Waals surface area contributed by atoms with Crippen molar-refractivity contribution in [2.24, 2.45) is 0 Å². The molecule has 0 spiro atoms. The van der Waals surface area contributed by atoms with Crippen LogP contribution in [0.5, 0.6) is 5.75 Å². The van der Waals surface area contributed by atoms with Crippen molar-refractivity contribution < 1.29 is 4.74 Å². The molecule has 1 N–H and O–H groups in total. The molecule has 90 valence electrons. The van der Waals surface area contributed by atoms with Crippen molar-refractivity contribution in [3.05, 3.63) is 28.8 Å². The first-order chi connectivity index (χ1) is 7.56. The minimum Gasteiger partial charge on any atom is -0.491 e. The molecule has 0 radical (unpaired) electrons. The van der Waals surface area contributed by atoms with Crippen molar-refractivity contribution in [1.82, 2.24) is 5.32 Å². The second-order valence-corrected chi connectivity index (χ2v) is 4.42. The van der Waals surface area contributed by atoms with Gasteiger partial charge < -0.3 is 10.1 Å². The molecular weight excluding hydrogens is 198 g/mol. The van der Waals surface area contributed by atoms with E-state index < -0.39 is 0 Å². The summed E-state index contributed by atoms with van der Waals surface area (Å²) in [5.74, 6) is 1.01. The van der Waals surface area contributed by atoms with E-state index in [2.05, 4.69) is 52.1 Å². The number of hydrogen-bond acceptors (Lipinski definition) is 2. The van der Waals surface area contributed by atoms with Crippen molar-refractivity contribution in [1.29, 1.82) is 0 Å². The predicted octanol–water partition coefficient (Wildman–Crippen LogP) is 3.20. The summed E-state index contributed by atoms with van der Waals surface area (Å²) in [6.45, 7) is 12.5. The molecular formula is C14H23NO. The van der Waals surface area contributed by atoms with Crippen molar-refractivity contribution in [3.8, 4) is 5.75 Å². The second kappa shape index (κ2) is 5.90. The highest BCUT2D eigenvalue weighted by atomic mass is 16.5. The highest BCUT2D eigenvalue weighted by Gasteiger charge is 2.07. The van der Waals surface area contributed by atoms with Crippen molar-refractivity contribution in [2.45, 2.75) is 47.3 Å². The second-order valence-electron chi connectivity index (χ2n) is 4.42. The highest BCUT2D eigenvalue weighted by molar-refractivity contribution is 5.43. The van der Waals surface area contributed by atoms with Gasteiger partial charge in [0.25, 0.3) is 0 Å². The summed E-state index contributed by atoms with van der Waals surface area (Å²) in [7, 11) is 0. The Hall–Kier alpha value is -1.02. The molecule has 0 aromatic heterocycles. The van der Waals surface area contributed by atoms with Crippen LogP contribution in [-0.2, 0) is 6.54 Å². The number of rotatable bonds is 5. The van der Waals surface area contributed by atoms with Crippen molar-refractivity contribution in [2.75, 3.05) is 6.54 Å². The lowest BCUT2D eigenvalue weighted by Gasteiger charge is -2.16. The topological polar surface area (TPSA) is 21.3 Å². The van der Waals surface area contributed by atoms with Crippen molar-refractivity contribution in [3.63, 3.8) is 0 Å². The average Bonchev–Trinajstić information content (AvgIpc) is 2.23. The Morgan fingerprint density at radius 3 is 2.44 bits per heavy atom. The maximum absolute atomic E-state index is 5.76. The SMILES string of the molecule is CCNCc1ccc(OC(C)C)c(C)c1C. The van der Waals surface area contributed by atoms with Gasteiger partial charge in [-0.1, -0.05) is 13.0 Å².